The van der Waals surface area contributed by atoms with Crippen molar-refractivity contribution in [3.8, 4) is 0 Å². The van der Waals surface area contributed by atoms with Gasteiger partial charge in [0.1, 0.15) is 6.10 Å². The van der Waals surface area contributed by atoms with Crippen molar-refractivity contribution in [2.75, 3.05) is 0 Å². The third kappa shape index (κ3) is 5.60. The van der Waals surface area contributed by atoms with Crippen molar-refractivity contribution in [2.45, 2.75) is 51.9 Å². The van der Waals surface area contributed by atoms with Gasteiger partial charge in [-0.3, -0.25) is 4.79 Å². The molecular formula is C9H19NO3. The first-order valence-electron chi connectivity index (χ1n) is 4.43. The number of rotatable bonds is 4. The molecule has 3 N–H and O–H groups in total. The van der Waals surface area contributed by atoms with Gasteiger partial charge in [0.25, 0.3) is 0 Å². The molecule has 0 bridgehead atoms. The Morgan fingerprint density at radius 3 is 2.15 bits per heavy atom. The number of hydrogen-bond donors (Lipinski definition) is 3. The predicted molar refractivity (Wildman–Crippen MR) is 50.2 cm³/mol. The van der Waals surface area contributed by atoms with Gasteiger partial charge in [0.2, 0.25) is 5.91 Å². The number of nitrogens with one attached hydrogen (secondary N) is 1. The quantitative estimate of drug-likeness (QED) is 0.584. The summed E-state index contributed by atoms with van der Waals surface area (Å²) in [5.74, 6) is -0.411. The number of hydrogen-bond acceptors (Lipinski definition) is 3. The predicted octanol–water partition coefficient (Wildman–Crippen LogP) is 0.0329. The van der Waals surface area contributed by atoms with Crippen LogP contribution < -0.4 is 5.32 Å². The third-order valence-corrected chi connectivity index (χ3v) is 1.65. The van der Waals surface area contributed by atoms with Gasteiger partial charge in [-0.1, -0.05) is 0 Å². The fourth-order valence-electron chi connectivity index (χ4n) is 1.23. The Morgan fingerprint density at radius 1 is 1.38 bits per heavy atom. The first kappa shape index (κ1) is 12.4. The Bertz CT molecular complexity index is 176. The Morgan fingerprint density at radius 2 is 1.85 bits per heavy atom. The van der Waals surface area contributed by atoms with E-state index < -0.39 is 23.7 Å². The molecule has 0 rings (SSSR count). The van der Waals surface area contributed by atoms with Crippen LogP contribution in [0.5, 0.6) is 0 Å². The smallest absolute Gasteiger partial charge is 0.248 e. The summed E-state index contributed by atoms with van der Waals surface area (Å²) in [5.41, 5.74) is -0.484. The van der Waals surface area contributed by atoms with Gasteiger partial charge in [-0.2, -0.15) is 0 Å². The highest BCUT2D eigenvalue weighted by Gasteiger charge is 2.23. The van der Waals surface area contributed by atoms with E-state index >= 15 is 0 Å². The largest absolute Gasteiger partial charge is 0.393 e. The molecule has 2 atom stereocenters. The van der Waals surface area contributed by atoms with Gasteiger partial charge in [-0.15, -0.1) is 0 Å². The highest BCUT2D eigenvalue weighted by atomic mass is 16.3. The number of aliphatic hydroxyl groups is 2. The van der Waals surface area contributed by atoms with Gasteiger partial charge in [-0.05, 0) is 34.1 Å². The summed E-state index contributed by atoms with van der Waals surface area (Å²) in [7, 11) is 0. The molecule has 4 heteroatoms. The van der Waals surface area contributed by atoms with E-state index in [0.717, 1.165) is 0 Å². The SMILES string of the molecule is C[C@H](O)CC(C)(C)NC(=O)[C@@H](C)O. The van der Waals surface area contributed by atoms with Crippen LogP contribution in [0.3, 0.4) is 0 Å². The van der Waals surface area contributed by atoms with E-state index in [1.807, 2.05) is 0 Å². The van der Waals surface area contributed by atoms with E-state index in [0.29, 0.717) is 6.42 Å². The minimum absolute atomic E-state index is 0.411. The van der Waals surface area contributed by atoms with E-state index in [9.17, 15) is 4.79 Å². The zero-order valence-corrected chi connectivity index (χ0v) is 8.66. The number of aliphatic hydroxyl groups excluding tert-OH is 2. The van der Waals surface area contributed by atoms with Crippen LogP contribution in [0.4, 0.5) is 0 Å². The minimum atomic E-state index is -1.01. The van der Waals surface area contributed by atoms with Crippen molar-refractivity contribution in [3.63, 3.8) is 0 Å². The Balaban J connectivity index is 4.09. The standard InChI is InChI=1S/C9H19NO3/c1-6(11)5-9(3,4)10-8(13)7(2)12/h6-7,11-12H,5H2,1-4H3,(H,10,13)/t6-,7+/m0/s1. The maximum absolute atomic E-state index is 11.1. The topological polar surface area (TPSA) is 69.6 Å². The molecule has 0 aromatic rings. The number of carbonyl (C=O) groups is 1. The normalized spacial score (nSPS) is 16.5. The molecule has 13 heavy (non-hydrogen) atoms. The van der Waals surface area contributed by atoms with E-state index in [2.05, 4.69) is 5.32 Å². The van der Waals surface area contributed by atoms with Gasteiger partial charge < -0.3 is 15.5 Å². The molecular weight excluding hydrogens is 170 g/mol. The molecule has 0 heterocycles. The average Bonchev–Trinajstić information content (AvgIpc) is 1.81. The Kier molecular flexibility index (Phi) is 4.36. The summed E-state index contributed by atoms with van der Waals surface area (Å²) >= 11 is 0. The fraction of sp³-hybridized carbons (Fsp3) is 0.889. The van der Waals surface area contributed by atoms with Gasteiger partial charge in [0, 0.05) is 5.54 Å². The molecule has 0 saturated carbocycles. The van der Waals surface area contributed by atoms with E-state index in [1.165, 1.54) is 6.92 Å². The summed E-state index contributed by atoms with van der Waals surface area (Å²) in [4.78, 5) is 11.1. The molecule has 4 nitrogen and oxygen atoms in total. The van der Waals surface area contributed by atoms with Crippen LogP contribution in [0.1, 0.15) is 34.1 Å². The monoisotopic (exact) mass is 189 g/mol. The van der Waals surface area contributed by atoms with Crippen molar-refractivity contribution in [3.05, 3.63) is 0 Å². The van der Waals surface area contributed by atoms with E-state index in [1.54, 1.807) is 20.8 Å². The fourth-order valence-corrected chi connectivity index (χ4v) is 1.23. The van der Waals surface area contributed by atoms with Crippen LogP contribution in [0, 0.1) is 0 Å². The first-order valence-corrected chi connectivity index (χ1v) is 4.43. The Hall–Kier alpha value is -0.610. The lowest BCUT2D eigenvalue weighted by atomic mass is 9.97. The average molecular weight is 189 g/mol. The van der Waals surface area contributed by atoms with Crippen LogP contribution in [-0.2, 0) is 4.79 Å². The zero-order valence-electron chi connectivity index (χ0n) is 8.66. The highest BCUT2D eigenvalue weighted by Crippen LogP contribution is 2.11. The van der Waals surface area contributed by atoms with Crippen molar-refractivity contribution >= 4 is 5.91 Å². The van der Waals surface area contributed by atoms with Crippen LogP contribution >= 0.6 is 0 Å². The lowest BCUT2D eigenvalue weighted by Gasteiger charge is -2.28. The van der Waals surface area contributed by atoms with Crippen molar-refractivity contribution in [2.24, 2.45) is 0 Å². The van der Waals surface area contributed by atoms with Gasteiger partial charge in [-0.25, -0.2) is 0 Å². The summed E-state index contributed by atoms with van der Waals surface area (Å²) in [5, 5.41) is 20.7. The molecule has 0 aliphatic rings. The lowest BCUT2D eigenvalue weighted by molar-refractivity contribution is -0.130. The molecule has 0 unspecified atom stereocenters. The summed E-state index contributed by atoms with van der Waals surface area (Å²) in [6, 6.07) is 0. The minimum Gasteiger partial charge on any atom is -0.393 e. The van der Waals surface area contributed by atoms with E-state index in [-0.39, 0.29) is 0 Å². The molecule has 0 saturated heterocycles. The second-order valence-corrected chi connectivity index (χ2v) is 4.10. The van der Waals surface area contributed by atoms with Gasteiger partial charge in [0.05, 0.1) is 6.10 Å². The molecule has 0 aliphatic heterocycles. The zero-order chi connectivity index (χ0) is 10.6. The lowest BCUT2D eigenvalue weighted by Crippen LogP contribution is -2.48. The maximum atomic E-state index is 11.1. The van der Waals surface area contributed by atoms with Crippen LogP contribution in [0.25, 0.3) is 0 Å². The molecule has 0 radical (unpaired) electrons. The molecule has 0 spiro atoms. The van der Waals surface area contributed by atoms with Gasteiger partial charge >= 0.3 is 0 Å². The van der Waals surface area contributed by atoms with Crippen molar-refractivity contribution in [1.29, 1.82) is 0 Å². The molecule has 0 fully saturated rings. The summed E-state index contributed by atoms with van der Waals surface area (Å²) in [6.07, 6.45) is -1.01. The van der Waals surface area contributed by atoms with Crippen LogP contribution in [-0.4, -0.2) is 33.9 Å². The molecule has 0 aromatic carbocycles. The van der Waals surface area contributed by atoms with E-state index in [4.69, 9.17) is 10.2 Å². The highest BCUT2D eigenvalue weighted by molar-refractivity contribution is 5.80. The van der Waals surface area contributed by atoms with Crippen molar-refractivity contribution < 1.29 is 15.0 Å². The third-order valence-electron chi connectivity index (χ3n) is 1.65. The molecule has 0 aliphatic carbocycles. The second-order valence-electron chi connectivity index (χ2n) is 4.10. The number of carbonyl (C=O) groups excluding carboxylic acids is 1. The first-order chi connectivity index (χ1) is 5.74. The molecule has 0 aromatic heterocycles. The molecule has 78 valence electrons. The summed E-state index contributed by atoms with van der Waals surface area (Å²) < 4.78 is 0. The Labute approximate surface area is 79.0 Å². The van der Waals surface area contributed by atoms with Crippen molar-refractivity contribution in [1.82, 2.24) is 5.32 Å². The summed E-state index contributed by atoms with van der Waals surface area (Å²) in [6.45, 7) is 6.68. The molecule has 1 amide bonds. The maximum Gasteiger partial charge on any atom is 0.248 e. The van der Waals surface area contributed by atoms with Crippen LogP contribution in [0.15, 0.2) is 0 Å². The number of amides is 1. The van der Waals surface area contributed by atoms with Crippen LogP contribution in [0.2, 0.25) is 0 Å². The second kappa shape index (κ2) is 4.58. The van der Waals surface area contributed by atoms with Gasteiger partial charge in [0.15, 0.2) is 0 Å².